The van der Waals surface area contributed by atoms with Crippen LogP contribution in [0.3, 0.4) is 0 Å². The lowest BCUT2D eigenvalue weighted by Crippen LogP contribution is -2.60. The number of halogens is 2. The average Bonchev–Trinajstić information content (AvgIpc) is 2.87. The summed E-state index contributed by atoms with van der Waals surface area (Å²) in [4.78, 5) is 13.1. The average molecular weight is 522 g/mol. The standard InChI is InChI=1S/C23H21F2N3O5S2/c24-20-12-11-17(15-21(20)25)26-23(29)22-16-27(34(30,31)18-7-3-1-4-8-18)13-14-28(22)35(32,33)19-9-5-2-6-10-19/h1-12,15,22H,13-14,16H2,(H,26,29). The molecule has 3 aromatic carbocycles. The highest BCUT2D eigenvalue weighted by Gasteiger charge is 2.43. The van der Waals surface area contributed by atoms with E-state index in [9.17, 15) is 30.4 Å². The van der Waals surface area contributed by atoms with E-state index in [1.165, 1.54) is 36.4 Å². The van der Waals surface area contributed by atoms with Crippen LogP contribution in [0.25, 0.3) is 0 Å². The number of hydrogen-bond donors (Lipinski definition) is 1. The number of rotatable bonds is 6. The summed E-state index contributed by atoms with van der Waals surface area (Å²) in [6, 6.07) is 16.2. The van der Waals surface area contributed by atoms with Crippen molar-refractivity contribution in [3.63, 3.8) is 0 Å². The van der Waals surface area contributed by atoms with E-state index in [2.05, 4.69) is 5.32 Å². The highest BCUT2D eigenvalue weighted by atomic mass is 32.2. The van der Waals surface area contributed by atoms with Gasteiger partial charge in [0.2, 0.25) is 26.0 Å². The maximum absolute atomic E-state index is 13.6. The van der Waals surface area contributed by atoms with Crippen LogP contribution < -0.4 is 5.32 Å². The SMILES string of the molecule is O=C(Nc1ccc(F)c(F)c1)C1CN(S(=O)(=O)c2ccccc2)CCN1S(=O)(=O)c1ccccc1. The predicted molar refractivity (Wildman–Crippen MR) is 124 cm³/mol. The molecule has 1 amide bonds. The lowest BCUT2D eigenvalue weighted by molar-refractivity contribution is -0.120. The van der Waals surface area contributed by atoms with E-state index in [0.29, 0.717) is 0 Å². The number of nitrogens with one attached hydrogen (secondary N) is 1. The van der Waals surface area contributed by atoms with Gasteiger partial charge in [-0.2, -0.15) is 8.61 Å². The zero-order chi connectivity index (χ0) is 25.2. The number of piperazine rings is 1. The van der Waals surface area contributed by atoms with E-state index in [1.54, 1.807) is 24.3 Å². The summed E-state index contributed by atoms with van der Waals surface area (Å²) in [5.41, 5.74) is -0.103. The molecule has 0 aromatic heterocycles. The molecule has 0 aliphatic carbocycles. The Morgan fingerprint density at radius 1 is 0.771 bits per heavy atom. The molecule has 3 aromatic rings. The van der Waals surface area contributed by atoms with Crippen molar-refractivity contribution in [1.29, 1.82) is 0 Å². The number of nitrogens with zero attached hydrogens (tertiary/aromatic N) is 2. The van der Waals surface area contributed by atoms with E-state index >= 15 is 0 Å². The van der Waals surface area contributed by atoms with Gasteiger partial charge in [-0.05, 0) is 36.4 Å². The molecule has 4 rings (SSSR count). The molecule has 1 heterocycles. The predicted octanol–water partition coefficient (Wildman–Crippen LogP) is 2.67. The molecule has 1 N–H and O–H groups in total. The monoisotopic (exact) mass is 521 g/mol. The van der Waals surface area contributed by atoms with Gasteiger partial charge in [0, 0.05) is 31.4 Å². The number of amides is 1. The van der Waals surface area contributed by atoms with Crippen LogP contribution >= 0.6 is 0 Å². The third-order valence-corrected chi connectivity index (χ3v) is 9.32. The summed E-state index contributed by atoms with van der Waals surface area (Å²) in [6.07, 6.45) is 0. The van der Waals surface area contributed by atoms with Crippen LogP contribution in [0, 0.1) is 11.6 Å². The normalized spacial score (nSPS) is 17.7. The largest absolute Gasteiger partial charge is 0.325 e. The van der Waals surface area contributed by atoms with Gasteiger partial charge in [-0.25, -0.2) is 25.6 Å². The molecule has 0 saturated carbocycles. The number of hydrogen-bond acceptors (Lipinski definition) is 5. The van der Waals surface area contributed by atoms with Gasteiger partial charge in [0.25, 0.3) is 0 Å². The number of anilines is 1. The van der Waals surface area contributed by atoms with E-state index in [1.807, 2.05) is 0 Å². The molecule has 1 unspecified atom stereocenters. The third kappa shape index (κ3) is 5.10. The van der Waals surface area contributed by atoms with Gasteiger partial charge in [0.15, 0.2) is 11.6 Å². The minimum absolute atomic E-state index is 0.000805. The molecular weight excluding hydrogens is 500 g/mol. The van der Waals surface area contributed by atoms with Gasteiger partial charge in [0.05, 0.1) is 9.79 Å². The Balaban J connectivity index is 1.69. The molecule has 0 radical (unpaired) electrons. The van der Waals surface area contributed by atoms with Crippen LogP contribution in [-0.4, -0.2) is 57.0 Å². The van der Waals surface area contributed by atoms with Crippen molar-refractivity contribution in [2.45, 2.75) is 15.8 Å². The molecule has 1 aliphatic rings. The molecule has 1 aliphatic heterocycles. The first-order valence-corrected chi connectivity index (χ1v) is 13.4. The summed E-state index contributed by atoms with van der Waals surface area (Å²) in [6.45, 7) is -0.948. The van der Waals surface area contributed by atoms with Gasteiger partial charge < -0.3 is 5.32 Å². The smallest absolute Gasteiger partial charge is 0.244 e. The highest BCUT2D eigenvalue weighted by molar-refractivity contribution is 7.89. The van der Waals surface area contributed by atoms with Gasteiger partial charge in [0.1, 0.15) is 6.04 Å². The van der Waals surface area contributed by atoms with Crippen molar-refractivity contribution < 1.29 is 30.4 Å². The van der Waals surface area contributed by atoms with Crippen molar-refractivity contribution in [2.75, 3.05) is 25.0 Å². The minimum Gasteiger partial charge on any atom is -0.325 e. The van der Waals surface area contributed by atoms with E-state index in [-0.39, 0.29) is 28.6 Å². The van der Waals surface area contributed by atoms with Gasteiger partial charge in [-0.1, -0.05) is 36.4 Å². The topological polar surface area (TPSA) is 104 Å². The quantitative estimate of drug-likeness (QED) is 0.537. The molecule has 184 valence electrons. The molecular formula is C23H21F2N3O5S2. The Hall–Kier alpha value is -3.19. The van der Waals surface area contributed by atoms with E-state index in [4.69, 9.17) is 0 Å². The van der Waals surface area contributed by atoms with Gasteiger partial charge >= 0.3 is 0 Å². The lowest BCUT2D eigenvalue weighted by atomic mass is 10.2. The lowest BCUT2D eigenvalue weighted by Gasteiger charge is -2.38. The number of sulfonamides is 2. The summed E-state index contributed by atoms with van der Waals surface area (Å²) in [5, 5.41) is 2.37. The van der Waals surface area contributed by atoms with Crippen LogP contribution in [0.15, 0.2) is 88.7 Å². The van der Waals surface area contributed by atoms with Crippen LogP contribution in [0.2, 0.25) is 0 Å². The fraction of sp³-hybridized carbons (Fsp3) is 0.174. The molecule has 8 nitrogen and oxygen atoms in total. The zero-order valence-electron chi connectivity index (χ0n) is 18.2. The van der Waals surface area contributed by atoms with Gasteiger partial charge in [-0.15, -0.1) is 0 Å². The summed E-state index contributed by atoms with van der Waals surface area (Å²) in [5.74, 6) is -3.20. The van der Waals surface area contributed by atoms with Crippen LogP contribution in [-0.2, 0) is 24.8 Å². The third-order valence-electron chi connectivity index (χ3n) is 5.51. The highest BCUT2D eigenvalue weighted by Crippen LogP contribution is 2.26. The Morgan fingerprint density at radius 2 is 1.34 bits per heavy atom. The van der Waals surface area contributed by atoms with Crippen LogP contribution in [0.1, 0.15) is 0 Å². The molecule has 1 saturated heterocycles. The van der Waals surface area contributed by atoms with Gasteiger partial charge in [-0.3, -0.25) is 4.79 Å². The number of carbonyl (C=O) groups excluding carboxylic acids is 1. The molecule has 35 heavy (non-hydrogen) atoms. The van der Waals surface area contributed by atoms with Crippen molar-refractivity contribution in [3.05, 3.63) is 90.5 Å². The second-order valence-corrected chi connectivity index (χ2v) is 11.6. The maximum atomic E-state index is 13.6. The molecule has 0 spiro atoms. The fourth-order valence-electron chi connectivity index (χ4n) is 3.73. The number of benzene rings is 3. The maximum Gasteiger partial charge on any atom is 0.244 e. The van der Waals surface area contributed by atoms with Crippen molar-refractivity contribution in [1.82, 2.24) is 8.61 Å². The fourth-order valence-corrected chi connectivity index (χ4v) is 6.78. The molecule has 0 bridgehead atoms. The summed E-state index contributed by atoms with van der Waals surface area (Å²) < 4.78 is 81.9. The molecule has 1 atom stereocenters. The Labute approximate surface area is 201 Å². The second kappa shape index (κ2) is 9.82. The zero-order valence-corrected chi connectivity index (χ0v) is 19.8. The Morgan fingerprint density at radius 3 is 1.91 bits per heavy atom. The van der Waals surface area contributed by atoms with Crippen molar-refractivity contribution in [3.8, 4) is 0 Å². The van der Waals surface area contributed by atoms with E-state index < -0.39 is 50.2 Å². The molecule has 1 fully saturated rings. The first-order valence-electron chi connectivity index (χ1n) is 10.5. The summed E-state index contributed by atoms with van der Waals surface area (Å²) in [7, 11) is -8.20. The summed E-state index contributed by atoms with van der Waals surface area (Å²) >= 11 is 0. The Bertz CT molecular complexity index is 1440. The van der Waals surface area contributed by atoms with E-state index in [0.717, 1.165) is 26.8 Å². The second-order valence-electron chi connectivity index (χ2n) is 7.74. The van der Waals surface area contributed by atoms with Crippen LogP contribution in [0.4, 0.5) is 14.5 Å². The van der Waals surface area contributed by atoms with Crippen molar-refractivity contribution in [2.24, 2.45) is 0 Å². The minimum atomic E-state index is -4.18. The number of carbonyl (C=O) groups is 1. The first kappa shape index (κ1) is 24.9. The van der Waals surface area contributed by atoms with Crippen molar-refractivity contribution >= 4 is 31.6 Å². The Kier molecular flexibility index (Phi) is 6.99. The first-order chi connectivity index (χ1) is 16.6. The van der Waals surface area contributed by atoms with Crippen LogP contribution in [0.5, 0.6) is 0 Å². The molecule has 12 heteroatoms.